The Labute approximate surface area is 366 Å². The highest BCUT2D eigenvalue weighted by atomic mass is 31.2. The van der Waals surface area contributed by atoms with Crippen molar-refractivity contribution in [2.75, 3.05) is 47.5 Å². The molecule has 0 aromatic carbocycles. The molecule has 9 nitrogen and oxygen atoms in total. The van der Waals surface area contributed by atoms with Gasteiger partial charge in [0, 0.05) is 12.8 Å². The highest BCUT2D eigenvalue weighted by molar-refractivity contribution is 7.45. The van der Waals surface area contributed by atoms with Crippen LogP contribution < -0.4 is 4.89 Å². The summed E-state index contributed by atoms with van der Waals surface area (Å²) in [6.07, 6.45) is 55.5. The summed E-state index contributed by atoms with van der Waals surface area (Å²) in [4.78, 5) is 37.6. The molecule has 0 rings (SSSR count). The van der Waals surface area contributed by atoms with Gasteiger partial charge >= 0.3 is 11.9 Å². The molecule has 0 amide bonds. The fourth-order valence-electron chi connectivity index (χ4n) is 5.33. The molecule has 340 valence electrons. The molecule has 2 atom stereocenters. The third kappa shape index (κ3) is 44.2. The maximum Gasteiger partial charge on any atom is 0.306 e. The maximum absolute atomic E-state index is 12.7. The molecule has 0 spiro atoms. The predicted octanol–water partition coefficient (Wildman–Crippen LogP) is 12.5. The molecule has 10 heteroatoms. The minimum absolute atomic E-state index is 0.0508. The van der Waals surface area contributed by atoms with Crippen molar-refractivity contribution in [3.8, 4) is 0 Å². The number of quaternary nitrogens is 1. The van der Waals surface area contributed by atoms with E-state index in [9.17, 15) is 19.0 Å². The number of likely N-dealkylation sites (N-methyl/N-ethyl adjacent to an activating group) is 1. The second-order valence-corrected chi connectivity index (χ2v) is 17.1. The van der Waals surface area contributed by atoms with Crippen LogP contribution >= 0.6 is 7.82 Å². The SMILES string of the molecule is CC/C=C\C/C=C\C/C=C\C/C=C\C/C=C\CCCC(=O)OC(COC(=O)CCCCCCCC/C=C\C/C=C\C/C=C\C/C=C\CC)COP(=O)([O-])OCC[N+](C)(C)C. The van der Waals surface area contributed by atoms with Crippen LogP contribution in [0.25, 0.3) is 0 Å². The molecular formula is C50H82NO8P. The van der Waals surface area contributed by atoms with Crippen molar-refractivity contribution in [2.45, 2.75) is 148 Å². The van der Waals surface area contributed by atoms with Gasteiger partial charge in [-0.1, -0.05) is 149 Å². The van der Waals surface area contributed by atoms with E-state index in [1.807, 2.05) is 27.2 Å². The van der Waals surface area contributed by atoms with E-state index in [0.717, 1.165) is 96.3 Å². The van der Waals surface area contributed by atoms with Gasteiger partial charge < -0.3 is 27.9 Å². The molecule has 0 aliphatic carbocycles. The maximum atomic E-state index is 12.7. The molecule has 0 radical (unpaired) electrons. The van der Waals surface area contributed by atoms with Gasteiger partial charge in [-0.15, -0.1) is 0 Å². The van der Waals surface area contributed by atoms with Crippen molar-refractivity contribution < 1.29 is 42.1 Å². The van der Waals surface area contributed by atoms with Gasteiger partial charge in [-0.25, -0.2) is 0 Å². The minimum atomic E-state index is -4.65. The quantitative estimate of drug-likeness (QED) is 0.0198. The topological polar surface area (TPSA) is 111 Å². The van der Waals surface area contributed by atoms with Crippen LogP contribution in [0.5, 0.6) is 0 Å². The smallest absolute Gasteiger partial charge is 0.306 e. The number of allylic oxidation sites excluding steroid dienone is 18. The number of ether oxygens (including phenoxy) is 2. The van der Waals surface area contributed by atoms with Crippen LogP contribution in [0.1, 0.15) is 142 Å². The Balaban J connectivity index is 4.48. The van der Waals surface area contributed by atoms with Crippen molar-refractivity contribution in [3.63, 3.8) is 0 Å². The van der Waals surface area contributed by atoms with Crippen LogP contribution in [-0.4, -0.2) is 70.0 Å². The molecule has 0 bridgehead atoms. The van der Waals surface area contributed by atoms with Gasteiger partial charge in [0.15, 0.2) is 6.10 Å². The van der Waals surface area contributed by atoms with Gasteiger partial charge in [0.2, 0.25) is 0 Å². The van der Waals surface area contributed by atoms with Crippen molar-refractivity contribution in [1.29, 1.82) is 0 Å². The average molecular weight is 856 g/mol. The number of phosphoric ester groups is 1. The lowest BCUT2D eigenvalue weighted by atomic mass is 10.1. The summed E-state index contributed by atoms with van der Waals surface area (Å²) in [5.74, 6) is -0.932. The molecule has 0 aliphatic heterocycles. The van der Waals surface area contributed by atoms with Gasteiger partial charge in [-0.05, 0) is 89.9 Å². The van der Waals surface area contributed by atoms with E-state index in [0.29, 0.717) is 30.3 Å². The number of rotatable bonds is 39. The lowest BCUT2D eigenvalue weighted by Crippen LogP contribution is -2.37. The van der Waals surface area contributed by atoms with E-state index >= 15 is 0 Å². The summed E-state index contributed by atoms with van der Waals surface area (Å²) in [5, 5.41) is 0. The van der Waals surface area contributed by atoms with Crippen LogP contribution in [0.3, 0.4) is 0 Å². The molecule has 0 saturated carbocycles. The fourth-order valence-corrected chi connectivity index (χ4v) is 6.05. The summed E-state index contributed by atoms with van der Waals surface area (Å²) >= 11 is 0. The highest BCUT2D eigenvalue weighted by Crippen LogP contribution is 2.38. The third-order valence-electron chi connectivity index (χ3n) is 8.79. The first-order valence-electron chi connectivity index (χ1n) is 22.6. The molecule has 0 aromatic heterocycles. The summed E-state index contributed by atoms with van der Waals surface area (Å²) in [6, 6.07) is 0. The van der Waals surface area contributed by atoms with Crippen molar-refractivity contribution in [3.05, 3.63) is 109 Å². The lowest BCUT2D eigenvalue weighted by Gasteiger charge is -2.28. The van der Waals surface area contributed by atoms with E-state index in [1.165, 1.54) is 0 Å². The zero-order valence-corrected chi connectivity index (χ0v) is 39.0. The molecule has 0 fully saturated rings. The number of hydrogen-bond donors (Lipinski definition) is 0. The first-order chi connectivity index (χ1) is 29.0. The molecule has 0 heterocycles. The number of nitrogens with zero attached hydrogens (tertiary/aromatic N) is 1. The molecule has 60 heavy (non-hydrogen) atoms. The van der Waals surface area contributed by atoms with Crippen LogP contribution in [0, 0.1) is 0 Å². The Morgan fingerprint density at radius 2 is 0.917 bits per heavy atom. The van der Waals surface area contributed by atoms with Crippen LogP contribution in [0.2, 0.25) is 0 Å². The zero-order valence-electron chi connectivity index (χ0n) is 38.1. The largest absolute Gasteiger partial charge is 0.756 e. The number of phosphoric acid groups is 1. The normalized spacial score (nSPS) is 14.6. The summed E-state index contributed by atoms with van der Waals surface area (Å²) in [5.41, 5.74) is 0. The van der Waals surface area contributed by atoms with Crippen molar-refractivity contribution in [2.24, 2.45) is 0 Å². The Morgan fingerprint density at radius 1 is 0.517 bits per heavy atom. The molecule has 0 saturated heterocycles. The Hall–Kier alpha value is -3.33. The summed E-state index contributed by atoms with van der Waals surface area (Å²) in [7, 11) is 1.10. The summed E-state index contributed by atoms with van der Waals surface area (Å²) < 4.78 is 33.8. The van der Waals surface area contributed by atoms with E-state index in [2.05, 4.69) is 117 Å². The van der Waals surface area contributed by atoms with Crippen molar-refractivity contribution >= 4 is 19.8 Å². The molecule has 2 unspecified atom stereocenters. The molecule has 0 aliphatic rings. The minimum Gasteiger partial charge on any atom is -0.756 e. The predicted molar refractivity (Wildman–Crippen MR) is 249 cm³/mol. The second-order valence-electron chi connectivity index (χ2n) is 15.6. The fraction of sp³-hybridized carbons (Fsp3) is 0.600. The van der Waals surface area contributed by atoms with E-state index in [1.54, 1.807) is 0 Å². The Morgan fingerprint density at radius 3 is 1.38 bits per heavy atom. The Kier molecular flexibility index (Phi) is 38.8. The van der Waals surface area contributed by atoms with E-state index < -0.39 is 32.5 Å². The van der Waals surface area contributed by atoms with Gasteiger partial charge in [0.05, 0.1) is 27.7 Å². The second kappa shape index (κ2) is 41.0. The first kappa shape index (κ1) is 56.7. The number of hydrogen-bond acceptors (Lipinski definition) is 8. The van der Waals surface area contributed by atoms with Gasteiger partial charge in [0.1, 0.15) is 19.8 Å². The average Bonchev–Trinajstić information content (AvgIpc) is 3.20. The van der Waals surface area contributed by atoms with Crippen LogP contribution in [0.15, 0.2) is 109 Å². The zero-order chi connectivity index (χ0) is 44.3. The van der Waals surface area contributed by atoms with Crippen LogP contribution in [-0.2, 0) is 32.7 Å². The van der Waals surface area contributed by atoms with E-state index in [4.69, 9.17) is 18.5 Å². The first-order valence-corrected chi connectivity index (χ1v) is 24.1. The molecular weight excluding hydrogens is 774 g/mol. The van der Waals surface area contributed by atoms with Gasteiger partial charge in [-0.2, -0.15) is 0 Å². The van der Waals surface area contributed by atoms with Crippen LogP contribution in [0.4, 0.5) is 0 Å². The van der Waals surface area contributed by atoms with Gasteiger partial charge in [-0.3, -0.25) is 14.2 Å². The third-order valence-corrected chi connectivity index (χ3v) is 9.75. The molecule has 0 N–H and O–H groups in total. The van der Waals surface area contributed by atoms with Crippen molar-refractivity contribution in [1.82, 2.24) is 0 Å². The number of unbranched alkanes of at least 4 members (excludes halogenated alkanes) is 7. The van der Waals surface area contributed by atoms with E-state index in [-0.39, 0.29) is 26.1 Å². The lowest BCUT2D eigenvalue weighted by molar-refractivity contribution is -0.870. The molecule has 0 aromatic rings. The standard InChI is InChI=1S/C50H82NO8P/c1-6-8-10-12-14-16-18-20-22-24-25-27-28-30-32-34-36-38-40-42-49(52)56-46-48(47-58-60(54,55)57-45-44-51(3,4)5)59-50(53)43-41-39-37-35-33-31-29-26-23-21-19-17-15-13-11-9-7-2/h8-11,14-17,20-23,25,27,29,31,35,37,48H,6-7,12-13,18-19,24,26,28,30,32-34,36,38-47H2,1-5H3/b10-8-,11-9-,16-14-,17-15-,22-20-,23-21-,27-25-,31-29-,37-35-. The number of carbonyl (C=O) groups excluding carboxylic acids is 2. The van der Waals surface area contributed by atoms with Gasteiger partial charge in [0.25, 0.3) is 7.82 Å². The summed E-state index contributed by atoms with van der Waals surface area (Å²) in [6.45, 7) is 3.89. The Bertz CT molecular complexity index is 1380. The number of esters is 2. The monoisotopic (exact) mass is 856 g/mol. The number of carbonyl (C=O) groups is 2. The highest BCUT2D eigenvalue weighted by Gasteiger charge is 2.21.